The van der Waals surface area contributed by atoms with Crippen LogP contribution in [0.4, 0.5) is 15.8 Å². The molecule has 0 atom stereocenters. The molecule has 1 aliphatic rings. The fourth-order valence-electron chi connectivity index (χ4n) is 3.18. The van der Waals surface area contributed by atoms with Gasteiger partial charge in [0.05, 0.1) is 0 Å². The van der Waals surface area contributed by atoms with Crippen LogP contribution in [-0.2, 0) is 0 Å². The lowest BCUT2D eigenvalue weighted by atomic mass is 10.1. The van der Waals surface area contributed by atoms with Gasteiger partial charge in [-0.05, 0) is 48.7 Å². The predicted octanol–water partition coefficient (Wildman–Crippen LogP) is 3.32. The van der Waals surface area contributed by atoms with Gasteiger partial charge in [-0.2, -0.15) is 0 Å². The van der Waals surface area contributed by atoms with E-state index in [1.165, 1.54) is 12.1 Å². The lowest BCUT2D eigenvalue weighted by Gasteiger charge is -2.37. The molecule has 3 rings (SSSR count). The summed E-state index contributed by atoms with van der Waals surface area (Å²) in [6.07, 6.45) is 2.65. The Morgan fingerprint density at radius 3 is 2.33 bits per heavy atom. The van der Waals surface area contributed by atoms with Crippen LogP contribution in [0, 0.1) is 11.7 Å². The molecule has 1 N–H and O–H groups in total. The van der Waals surface area contributed by atoms with Crippen LogP contribution in [0.25, 0.3) is 0 Å². The second-order valence-corrected chi connectivity index (χ2v) is 7.29. The predicted molar refractivity (Wildman–Crippen MR) is 107 cm³/mol. The molecular formula is C21H27FN4O. The van der Waals surface area contributed by atoms with Gasteiger partial charge in [-0.3, -0.25) is 9.78 Å². The summed E-state index contributed by atoms with van der Waals surface area (Å²) < 4.78 is 13.1. The second-order valence-electron chi connectivity index (χ2n) is 7.29. The number of aromatic nitrogens is 1. The zero-order chi connectivity index (χ0) is 19.2. The molecule has 0 aliphatic carbocycles. The molecular weight excluding hydrogens is 343 g/mol. The highest BCUT2D eigenvalue weighted by Gasteiger charge is 2.19. The van der Waals surface area contributed by atoms with Gasteiger partial charge in [-0.25, -0.2) is 4.39 Å². The first kappa shape index (κ1) is 19.1. The van der Waals surface area contributed by atoms with Gasteiger partial charge >= 0.3 is 0 Å². The summed E-state index contributed by atoms with van der Waals surface area (Å²) in [4.78, 5) is 21.0. The van der Waals surface area contributed by atoms with Crippen LogP contribution >= 0.6 is 0 Å². The largest absolute Gasteiger partial charge is 0.368 e. The first-order valence-electron chi connectivity index (χ1n) is 9.52. The minimum Gasteiger partial charge on any atom is -0.368 e. The van der Waals surface area contributed by atoms with Crippen LogP contribution in [-0.4, -0.2) is 43.6 Å². The number of rotatable bonds is 6. The smallest absolute Gasteiger partial charge is 0.269 e. The molecule has 2 aromatic rings. The number of hydrogen-bond acceptors (Lipinski definition) is 4. The summed E-state index contributed by atoms with van der Waals surface area (Å²) in [5, 5.41) is 2.93. The lowest BCUT2D eigenvalue weighted by Crippen LogP contribution is -2.46. The van der Waals surface area contributed by atoms with E-state index in [4.69, 9.17) is 0 Å². The van der Waals surface area contributed by atoms with Crippen molar-refractivity contribution in [2.24, 2.45) is 5.92 Å². The van der Waals surface area contributed by atoms with Crippen molar-refractivity contribution < 1.29 is 9.18 Å². The molecule has 27 heavy (non-hydrogen) atoms. The monoisotopic (exact) mass is 370 g/mol. The molecule has 1 aromatic carbocycles. The molecule has 0 radical (unpaired) electrons. The number of piperazine rings is 1. The lowest BCUT2D eigenvalue weighted by molar-refractivity contribution is 0.0947. The Balaban J connectivity index is 1.58. The van der Waals surface area contributed by atoms with E-state index < -0.39 is 0 Å². The van der Waals surface area contributed by atoms with Crippen molar-refractivity contribution in [1.82, 2.24) is 10.3 Å². The highest BCUT2D eigenvalue weighted by molar-refractivity contribution is 5.93. The van der Waals surface area contributed by atoms with Gasteiger partial charge in [0.1, 0.15) is 11.5 Å². The van der Waals surface area contributed by atoms with E-state index in [2.05, 4.69) is 33.9 Å². The molecule has 1 aromatic heterocycles. The molecule has 0 spiro atoms. The number of carbonyl (C=O) groups is 1. The van der Waals surface area contributed by atoms with Gasteiger partial charge in [-0.1, -0.05) is 13.8 Å². The highest BCUT2D eigenvalue weighted by atomic mass is 19.1. The molecule has 5 nitrogen and oxygen atoms in total. The third-order valence-electron chi connectivity index (χ3n) is 4.82. The van der Waals surface area contributed by atoms with Crippen LogP contribution < -0.4 is 15.1 Å². The van der Waals surface area contributed by atoms with Crippen molar-refractivity contribution >= 4 is 17.3 Å². The van der Waals surface area contributed by atoms with Gasteiger partial charge in [0.25, 0.3) is 5.91 Å². The first-order chi connectivity index (χ1) is 13.0. The van der Waals surface area contributed by atoms with E-state index in [0.29, 0.717) is 18.2 Å². The van der Waals surface area contributed by atoms with Gasteiger partial charge in [-0.15, -0.1) is 0 Å². The third-order valence-corrected chi connectivity index (χ3v) is 4.82. The van der Waals surface area contributed by atoms with Crippen LogP contribution in [0.5, 0.6) is 0 Å². The Morgan fingerprint density at radius 2 is 1.70 bits per heavy atom. The third kappa shape index (κ3) is 5.18. The molecule has 1 aliphatic heterocycles. The maximum absolute atomic E-state index is 13.1. The number of benzene rings is 1. The normalized spacial score (nSPS) is 14.5. The maximum atomic E-state index is 13.1. The molecule has 0 bridgehead atoms. The van der Waals surface area contributed by atoms with Crippen molar-refractivity contribution in [3.63, 3.8) is 0 Å². The van der Waals surface area contributed by atoms with Gasteiger partial charge < -0.3 is 15.1 Å². The average molecular weight is 370 g/mol. The summed E-state index contributed by atoms with van der Waals surface area (Å²) in [5.41, 5.74) is 2.51. The highest BCUT2D eigenvalue weighted by Crippen LogP contribution is 2.21. The van der Waals surface area contributed by atoms with Crippen molar-refractivity contribution in [2.75, 3.05) is 42.5 Å². The summed E-state index contributed by atoms with van der Waals surface area (Å²) in [5.74, 6) is 0.220. The number of halogens is 1. The Morgan fingerprint density at radius 1 is 1.07 bits per heavy atom. The maximum Gasteiger partial charge on any atom is 0.269 e. The number of amides is 1. The summed E-state index contributed by atoms with van der Waals surface area (Å²) in [6.45, 7) is 8.32. The average Bonchev–Trinajstić information content (AvgIpc) is 2.68. The molecule has 6 heteroatoms. The van der Waals surface area contributed by atoms with E-state index in [0.717, 1.165) is 44.0 Å². The number of pyridine rings is 1. The summed E-state index contributed by atoms with van der Waals surface area (Å²) in [7, 11) is 0. The fraction of sp³-hybridized carbons (Fsp3) is 0.429. The van der Waals surface area contributed by atoms with E-state index in [-0.39, 0.29) is 11.7 Å². The Bertz CT molecular complexity index is 755. The van der Waals surface area contributed by atoms with E-state index in [1.54, 1.807) is 6.20 Å². The molecule has 0 saturated carbocycles. The number of nitrogens with one attached hydrogen (secondary N) is 1. The van der Waals surface area contributed by atoms with Gasteiger partial charge in [0.2, 0.25) is 0 Å². The number of anilines is 2. The topological polar surface area (TPSA) is 48.5 Å². The minimum absolute atomic E-state index is 0.123. The SMILES string of the molecule is CC(C)CCNC(=O)c1cc(N2CCN(c3ccc(F)cc3)CC2)ccn1. The standard InChI is InChI=1S/C21H27FN4O/c1-16(2)7-9-24-21(27)20-15-19(8-10-23-20)26-13-11-25(12-14-26)18-5-3-17(22)4-6-18/h3-6,8,10,15-16H,7,9,11-14H2,1-2H3,(H,24,27). The zero-order valence-electron chi connectivity index (χ0n) is 16.0. The first-order valence-corrected chi connectivity index (χ1v) is 9.52. The van der Waals surface area contributed by atoms with Crippen LogP contribution in [0.3, 0.4) is 0 Å². The molecule has 0 unspecified atom stereocenters. The molecule has 1 saturated heterocycles. The quantitative estimate of drug-likeness (QED) is 0.847. The number of nitrogens with zero attached hydrogens (tertiary/aromatic N) is 3. The molecule has 1 fully saturated rings. The van der Waals surface area contributed by atoms with Crippen LogP contribution in [0.15, 0.2) is 42.6 Å². The second kappa shape index (κ2) is 8.84. The van der Waals surface area contributed by atoms with Crippen LogP contribution in [0.2, 0.25) is 0 Å². The van der Waals surface area contributed by atoms with Crippen molar-refractivity contribution in [3.05, 3.63) is 54.1 Å². The Labute approximate surface area is 160 Å². The summed E-state index contributed by atoms with van der Waals surface area (Å²) in [6, 6.07) is 10.4. The Hall–Kier alpha value is -2.63. The van der Waals surface area contributed by atoms with Gasteiger partial charge in [0.15, 0.2) is 0 Å². The Kier molecular flexibility index (Phi) is 6.27. The number of hydrogen-bond donors (Lipinski definition) is 1. The summed E-state index contributed by atoms with van der Waals surface area (Å²) >= 11 is 0. The minimum atomic E-state index is -0.214. The van der Waals surface area contributed by atoms with E-state index >= 15 is 0 Å². The van der Waals surface area contributed by atoms with Crippen molar-refractivity contribution in [3.8, 4) is 0 Å². The molecule has 1 amide bonds. The fourth-order valence-corrected chi connectivity index (χ4v) is 3.18. The van der Waals surface area contributed by atoms with Gasteiger partial charge in [0, 0.05) is 50.3 Å². The number of carbonyl (C=O) groups excluding carboxylic acids is 1. The zero-order valence-corrected chi connectivity index (χ0v) is 16.0. The molecule has 144 valence electrons. The van der Waals surface area contributed by atoms with E-state index in [9.17, 15) is 9.18 Å². The van der Waals surface area contributed by atoms with E-state index in [1.807, 2.05) is 24.3 Å². The molecule has 2 heterocycles. The van der Waals surface area contributed by atoms with Crippen LogP contribution in [0.1, 0.15) is 30.8 Å². The van der Waals surface area contributed by atoms with Crippen molar-refractivity contribution in [1.29, 1.82) is 0 Å². The van der Waals surface area contributed by atoms with Crippen molar-refractivity contribution in [2.45, 2.75) is 20.3 Å².